The number of aromatic amines is 2. The number of H-pyrrole nitrogens is 2. The van der Waals surface area contributed by atoms with Gasteiger partial charge in [-0.3, -0.25) is 0 Å². The zero-order valence-corrected chi connectivity index (χ0v) is 13.2. The van der Waals surface area contributed by atoms with E-state index in [1.165, 1.54) is 0 Å². The zero-order chi connectivity index (χ0) is 16.6. The highest BCUT2D eigenvalue weighted by atomic mass is 16.3. The van der Waals surface area contributed by atoms with Gasteiger partial charge < -0.3 is 14.4 Å². The molecule has 0 saturated heterocycles. The van der Waals surface area contributed by atoms with E-state index in [2.05, 4.69) is 56.3 Å². The molecule has 0 fully saturated rings. The molecule has 5 rings (SSSR count). The van der Waals surface area contributed by atoms with Gasteiger partial charge in [0.2, 0.25) is 0 Å². The normalized spacial score (nSPS) is 11.2. The van der Waals surface area contributed by atoms with E-state index < -0.39 is 0 Å². The fraction of sp³-hybridized carbons (Fsp3) is 0. The van der Waals surface area contributed by atoms with Gasteiger partial charge >= 0.3 is 0 Å². The van der Waals surface area contributed by atoms with Crippen LogP contribution in [-0.2, 0) is 0 Å². The summed E-state index contributed by atoms with van der Waals surface area (Å²) < 4.78 is 6.01. The largest absolute Gasteiger partial charge is 0.456 e. The molecule has 0 bridgehead atoms. The first-order valence-corrected chi connectivity index (χ1v) is 7.98. The van der Waals surface area contributed by atoms with Crippen LogP contribution in [0.5, 0.6) is 0 Å². The Morgan fingerprint density at radius 3 is 2.00 bits per heavy atom. The Bertz CT molecular complexity index is 1120. The molecule has 3 heterocycles. The van der Waals surface area contributed by atoms with Crippen molar-refractivity contribution in [2.24, 2.45) is 0 Å². The second kappa shape index (κ2) is 5.49. The minimum atomic E-state index is 0.855. The molecule has 0 radical (unpaired) electrons. The molecular weight excluding hydrogens is 312 g/mol. The quantitative estimate of drug-likeness (QED) is 0.496. The van der Waals surface area contributed by atoms with Gasteiger partial charge in [-0.2, -0.15) is 0 Å². The summed E-state index contributed by atoms with van der Waals surface area (Å²) in [6, 6.07) is 16.4. The van der Waals surface area contributed by atoms with Crippen LogP contribution in [0.15, 0.2) is 78.0 Å². The maximum Gasteiger partial charge on any atom is 0.135 e. The van der Waals surface area contributed by atoms with Crippen LogP contribution in [-0.4, -0.2) is 19.9 Å². The van der Waals surface area contributed by atoms with Gasteiger partial charge in [0, 0.05) is 16.5 Å². The summed E-state index contributed by atoms with van der Waals surface area (Å²) in [6.45, 7) is 0. The van der Waals surface area contributed by atoms with Gasteiger partial charge in [-0.05, 0) is 29.8 Å². The first kappa shape index (κ1) is 13.8. The lowest BCUT2D eigenvalue weighted by Crippen LogP contribution is -1.78. The highest BCUT2D eigenvalue weighted by molar-refractivity contribution is 5.87. The van der Waals surface area contributed by atoms with Gasteiger partial charge in [-0.15, -0.1) is 0 Å². The van der Waals surface area contributed by atoms with Crippen molar-refractivity contribution in [3.8, 4) is 33.8 Å². The Morgan fingerprint density at radius 2 is 1.32 bits per heavy atom. The number of imidazole rings is 2. The minimum Gasteiger partial charge on any atom is -0.456 e. The van der Waals surface area contributed by atoms with Gasteiger partial charge in [0.1, 0.15) is 11.3 Å². The molecule has 0 unspecified atom stereocenters. The van der Waals surface area contributed by atoms with Crippen LogP contribution >= 0.6 is 0 Å². The zero-order valence-electron chi connectivity index (χ0n) is 13.2. The van der Waals surface area contributed by atoms with E-state index in [1.807, 2.05) is 24.5 Å². The number of benzene rings is 2. The second-order valence-corrected chi connectivity index (χ2v) is 5.87. The Kier molecular flexibility index (Phi) is 3.03. The number of nitrogens with zero attached hydrogens (tertiary/aromatic N) is 2. The van der Waals surface area contributed by atoms with Crippen molar-refractivity contribution in [1.29, 1.82) is 0 Å². The molecule has 3 aromatic heterocycles. The van der Waals surface area contributed by atoms with Crippen molar-refractivity contribution in [3.63, 3.8) is 0 Å². The Balaban J connectivity index is 1.52. The van der Waals surface area contributed by atoms with E-state index in [4.69, 9.17) is 4.42 Å². The molecule has 0 saturated carbocycles. The molecule has 0 aliphatic rings. The molecule has 120 valence electrons. The third kappa shape index (κ3) is 2.42. The molecule has 25 heavy (non-hydrogen) atoms. The number of hydrogen-bond acceptors (Lipinski definition) is 3. The molecule has 5 heteroatoms. The van der Waals surface area contributed by atoms with Crippen molar-refractivity contribution in [1.82, 2.24) is 19.9 Å². The molecule has 2 N–H and O–H groups in total. The topological polar surface area (TPSA) is 70.5 Å². The second-order valence-electron chi connectivity index (χ2n) is 5.87. The lowest BCUT2D eigenvalue weighted by atomic mass is 10.1. The highest BCUT2D eigenvalue weighted by Crippen LogP contribution is 2.31. The SMILES string of the molecule is c1ncc(-c2ccc(-c3cc4cc(-c5cnc[nH]5)ccc4o3)cc2)[nH]1. The lowest BCUT2D eigenvalue weighted by molar-refractivity contribution is 0.631. The van der Waals surface area contributed by atoms with Crippen LogP contribution in [0.2, 0.25) is 0 Å². The monoisotopic (exact) mass is 326 g/mol. The van der Waals surface area contributed by atoms with Crippen LogP contribution in [0.3, 0.4) is 0 Å². The molecule has 0 spiro atoms. The third-order valence-electron chi connectivity index (χ3n) is 4.30. The fourth-order valence-corrected chi connectivity index (χ4v) is 2.99. The van der Waals surface area contributed by atoms with Gasteiger partial charge in [-0.1, -0.05) is 24.3 Å². The van der Waals surface area contributed by atoms with Crippen molar-refractivity contribution in [3.05, 3.63) is 73.6 Å². The predicted molar refractivity (Wildman–Crippen MR) is 96.8 cm³/mol. The molecule has 0 amide bonds. The summed E-state index contributed by atoms with van der Waals surface area (Å²) in [6.07, 6.45) is 6.99. The van der Waals surface area contributed by atoms with Crippen molar-refractivity contribution in [2.45, 2.75) is 0 Å². The summed E-state index contributed by atoms with van der Waals surface area (Å²) in [5.74, 6) is 0.855. The molecule has 5 nitrogen and oxygen atoms in total. The molecule has 0 aliphatic carbocycles. The smallest absolute Gasteiger partial charge is 0.135 e. The van der Waals surface area contributed by atoms with E-state index in [0.717, 1.165) is 44.8 Å². The van der Waals surface area contributed by atoms with Crippen molar-refractivity contribution < 1.29 is 4.42 Å². The van der Waals surface area contributed by atoms with E-state index in [-0.39, 0.29) is 0 Å². The average molecular weight is 326 g/mol. The lowest BCUT2D eigenvalue weighted by Gasteiger charge is -2.00. The molecule has 0 aliphatic heterocycles. The van der Waals surface area contributed by atoms with Crippen LogP contribution in [0.1, 0.15) is 0 Å². The first-order valence-electron chi connectivity index (χ1n) is 7.98. The van der Waals surface area contributed by atoms with E-state index in [1.54, 1.807) is 12.7 Å². The van der Waals surface area contributed by atoms with Gasteiger partial charge in [0.05, 0.1) is 36.4 Å². The number of rotatable bonds is 3. The summed E-state index contributed by atoms with van der Waals surface area (Å²) in [5.41, 5.74) is 6.10. The highest BCUT2D eigenvalue weighted by Gasteiger charge is 2.09. The number of fused-ring (bicyclic) bond motifs is 1. The molecular formula is C20H14N4O. The van der Waals surface area contributed by atoms with E-state index >= 15 is 0 Å². The number of nitrogens with one attached hydrogen (secondary N) is 2. The van der Waals surface area contributed by atoms with Gasteiger partial charge in [0.25, 0.3) is 0 Å². The summed E-state index contributed by atoms with van der Waals surface area (Å²) in [4.78, 5) is 14.4. The minimum absolute atomic E-state index is 0.855. The summed E-state index contributed by atoms with van der Waals surface area (Å²) in [7, 11) is 0. The van der Waals surface area contributed by atoms with Gasteiger partial charge in [-0.25, -0.2) is 9.97 Å². The Hall–Kier alpha value is -3.60. The first-order chi connectivity index (χ1) is 12.4. The number of hydrogen-bond donors (Lipinski definition) is 2. The Labute approximate surface area is 143 Å². The maximum atomic E-state index is 6.01. The van der Waals surface area contributed by atoms with Crippen LogP contribution in [0.25, 0.3) is 44.8 Å². The van der Waals surface area contributed by atoms with E-state index in [9.17, 15) is 0 Å². The summed E-state index contributed by atoms with van der Waals surface area (Å²) >= 11 is 0. The third-order valence-corrected chi connectivity index (χ3v) is 4.30. The van der Waals surface area contributed by atoms with Crippen molar-refractivity contribution >= 4 is 11.0 Å². The van der Waals surface area contributed by atoms with E-state index in [0.29, 0.717) is 0 Å². The van der Waals surface area contributed by atoms with Gasteiger partial charge in [0.15, 0.2) is 0 Å². The fourth-order valence-electron chi connectivity index (χ4n) is 2.99. The predicted octanol–water partition coefficient (Wildman–Crippen LogP) is 4.88. The molecule has 0 atom stereocenters. The molecule has 5 aromatic rings. The average Bonchev–Trinajstić information content (AvgIpc) is 3.42. The van der Waals surface area contributed by atoms with Crippen LogP contribution in [0.4, 0.5) is 0 Å². The van der Waals surface area contributed by atoms with Crippen molar-refractivity contribution in [2.75, 3.05) is 0 Å². The molecule has 2 aromatic carbocycles. The van der Waals surface area contributed by atoms with Crippen LogP contribution in [0, 0.1) is 0 Å². The Morgan fingerprint density at radius 1 is 0.680 bits per heavy atom. The standard InChI is InChI=1S/C20H14N4O/c1-3-14(4-2-13(1)17-9-21-11-23-17)20-8-16-7-15(5-6-19(16)25-20)18-10-22-12-24-18/h1-12H,(H,21,23)(H,22,24). The summed E-state index contributed by atoms with van der Waals surface area (Å²) in [5, 5.41) is 1.07. The maximum absolute atomic E-state index is 6.01. The number of aromatic nitrogens is 4. The number of furan rings is 1. The van der Waals surface area contributed by atoms with Crippen LogP contribution < -0.4 is 0 Å².